The van der Waals surface area contributed by atoms with Crippen LogP contribution in [-0.2, 0) is 14.3 Å². The van der Waals surface area contributed by atoms with Crippen molar-refractivity contribution in [1.82, 2.24) is 0 Å². The fourth-order valence-corrected chi connectivity index (χ4v) is 5.39. The highest BCUT2D eigenvalue weighted by atomic mass is 16.6. The minimum absolute atomic E-state index is 0.103. The molecule has 0 fully saturated rings. The molecular formula is C43H55NO6. The Morgan fingerprint density at radius 3 is 1.60 bits per heavy atom. The summed E-state index contributed by atoms with van der Waals surface area (Å²) in [5.41, 5.74) is 2.39. The molecule has 7 heteroatoms. The zero-order valence-electron chi connectivity index (χ0n) is 30.3. The lowest BCUT2D eigenvalue weighted by atomic mass is 10.1. The van der Waals surface area contributed by atoms with E-state index in [2.05, 4.69) is 13.8 Å². The van der Waals surface area contributed by atoms with E-state index >= 15 is 0 Å². The molecule has 0 aliphatic heterocycles. The lowest BCUT2D eigenvalue weighted by Gasteiger charge is -2.13. The van der Waals surface area contributed by atoms with Gasteiger partial charge in [0.25, 0.3) is 0 Å². The maximum Gasteiger partial charge on any atom is 0.354 e. The molecule has 0 heterocycles. The number of carbonyl (C=O) groups is 2. The van der Waals surface area contributed by atoms with E-state index in [1.54, 1.807) is 31.2 Å². The summed E-state index contributed by atoms with van der Waals surface area (Å²) in [6, 6.07) is 23.5. The summed E-state index contributed by atoms with van der Waals surface area (Å²) in [5, 5.41) is 9.64. The summed E-state index contributed by atoms with van der Waals surface area (Å²) in [4.78, 5) is 25.2. The zero-order chi connectivity index (χ0) is 35.8. The molecule has 50 heavy (non-hydrogen) atoms. The van der Waals surface area contributed by atoms with Crippen molar-refractivity contribution in [3.63, 3.8) is 0 Å². The van der Waals surface area contributed by atoms with Crippen LogP contribution in [0.1, 0.15) is 116 Å². The van der Waals surface area contributed by atoms with Crippen LogP contribution in [0.2, 0.25) is 0 Å². The highest BCUT2D eigenvalue weighted by Crippen LogP contribution is 2.26. The Kier molecular flexibility index (Phi) is 19.1. The van der Waals surface area contributed by atoms with Crippen molar-refractivity contribution in [2.24, 2.45) is 0 Å². The van der Waals surface area contributed by atoms with Gasteiger partial charge in [0.1, 0.15) is 28.9 Å². The van der Waals surface area contributed by atoms with Crippen molar-refractivity contribution in [3.05, 3.63) is 83.9 Å². The average molecular weight is 682 g/mol. The molecule has 0 radical (unpaired) electrons. The molecule has 3 aromatic rings. The van der Waals surface area contributed by atoms with Gasteiger partial charge in [0.2, 0.25) is 0 Å². The van der Waals surface area contributed by atoms with Gasteiger partial charge in [-0.1, -0.05) is 127 Å². The van der Waals surface area contributed by atoms with E-state index in [4.69, 9.17) is 18.9 Å². The first-order chi connectivity index (χ1) is 24.4. The normalized spacial score (nSPS) is 11.8. The summed E-state index contributed by atoms with van der Waals surface area (Å²) in [5.74, 6) is 0.379. The quantitative estimate of drug-likeness (QED) is 0.0305. The molecule has 3 rings (SSSR count). The predicted octanol–water partition coefficient (Wildman–Crippen LogP) is 11.1. The van der Waals surface area contributed by atoms with Crippen molar-refractivity contribution >= 4 is 18.0 Å². The maximum absolute atomic E-state index is 12.8. The van der Waals surface area contributed by atoms with Crippen LogP contribution in [0.5, 0.6) is 17.2 Å². The Morgan fingerprint density at radius 1 is 0.620 bits per heavy atom. The molecule has 3 aromatic carbocycles. The number of nitrogens with zero attached hydrogens (tertiary/aromatic N) is 1. The van der Waals surface area contributed by atoms with Gasteiger partial charge in [-0.05, 0) is 78.9 Å². The Hall–Kier alpha value is -4.41. The van der Waals surface area contributed by atoms with E-state index in [0.717, 1.165) is 36.1 Å². The second kappa shape index (κ2) is 23.9. The molecule has 7 nitrogen and oxygen atoms in total. The van der Waals surface area contributed by atoms with Crippen molar-refractivity contribution in [3.8, 4) is 34.4 Å². The SMILES string of the molecule is CCCCCCCCCCOc1ccc(/C=C(\C#N)C(=O)Oc2ccc(-c3ccc(OC(=O)C(C)OCCCCCCCC)cc3)cc2)cc1. The second-order valence-electron chi connectivity index (χ2n) is 12.7. The minimum Gasteiger partial charge on any atom is -0.494 e. The monoisotopic (exact) mass is 681 g/mol. The lowest BCUT2D eigenvalue weighted by molar-refractivity contribution is -0.146. The summed E-state index contributed by atoms with van der Waals surface area (Å²) >= 11 is 0. The highest BCUT2D eigenvalue weighted by molar-refractivity contribution is 5.99. The van der Waals surface area contributed by atoms with Crippen LogP contribution >= 0.6 is 0 Å². The summed E-state index contributed by atoms with van der Waals surface area (Å²) in [6.45, 7) is 7.37. The molecule has 0 aromatic heterocycles. The van der Waals surface area contributed by atoms with Gasteiger partial charge in [-0.15, -0.1) is 0 Å². The molecular weight excluding hydrogens is 626 g/mol. The average Bonchev–Trinajstić information content (AvgIpc) is 3.13. The number of benzene rings is 3. The largest absolute Gasteiger partial charge is 0.494 e. The molecule has 0 spiro atoms. The third kappa shape index (κ3) is 15.4. The molecule has 0 aliphatic rings. The second-order valence-corrected chi connectivity index (χ2v) is 12.7. The first-order valence-corrected chi connectivity index (χ1v) is 18.5. The number of ether oxygens (including phenoxy) is 4. The van der Waals surface area contributed by atoms with Crippen LogP contribution in [-0.4, -0.2) is 31.3 Å². The first kappa shape index (κ1) is 40.0. The number of carbonyl (C=O) groups excluding carboxylic acids is 2. The predicted molar refractivity (Wildman–Crippen MR) is 200 cm³/mol. The number of hydrogen-bond donors (Lipinski definition) is 0. The lowest BCUT2D eigenvalue weighted by Crippen LogP contribution is -2.26. The molecule has 0 bridgehead atoms. The molecule has 1 unspecified atom stereocenters. The maximum atomic E-state index is 12.8. The third-order valence-corrected chi connectivity index (χ3v) is 8.47. The minimum atomic E-state index is -0.730. The number of esters is 2. The summed E-state index contributed by atoms with van der Waals surface area (Å²) in [7, 11) is 0. The Bertz CT molecular complexity index is 1470. The fraction of sp³-hybridized carbons (Fsp3) is 0.465. The van der Waals surface area contributed by atoms with Gasteiger partial charge < -0.3 is 18.9 Å². The van der Waals surface area contributed by atoms with Gasteiger partial charge in [0, 0.05) is 6.61 Å². The third-order valence-electron chi connectivity index (χ3n) is 8.47. The first-order valence-electron chi connectivity index (χ1n) is 18.5. The van der Waals surface area contributed by atoms with Crippen LogP contribution < -0.4 is 14.2 Å². The van der Waals surface area contributed by atoms with Gasteiger partial charge in [0.15, 0.2) is 6.10 Å². The Balaban J connectivity index is 1.42. The van der Waals surface area contributed by atoms with Crippen molar-refractivity contribution in [2.45, 2.75) is 117 Å². The molecule has 0 saturated heterocycles. The standard InChI is InChI=1S/C43H55NO6/c1-4-6-8-10-12-13-15-17-31-48-39-24-18-35(19-25-39)32-38(33-44)43(46)50-41-28-22-37(23-29-41)36-20-26-40(27-21-36)49-42(45)34(3)47-30-16-14-11-9-7-5-2/h18-29,32,34H,4-17,30-31H2,1-3H3/b38-32+. The molecule has 0 aliphatic carbocycles. The summed E-state index contributed by atoms with van der Waals surface area (Å²) < 4.78 is 22.5. The fourth-order valence-electron chi connectivity index (χ4n) is 5.39. The van der Waals surface area contributed by atoms with Crippen LogP contribution in [0.15, 0.2) is 78.4 Å². The smallest absolute Gasteiger partial charge is 0.354 e. The van der Waals surface area contributed by atoms with Crippen LogP contribution in [0.4, 0.5) is 0 Å². The van der Waals surface area contributed by atoms with E-state index in [-0.39, 0.29) is 5.57 Å². The van der Waals surface area contributed by atoms with E-state index < -0.39 is 18.0 Å². The Labute approximate surface area is 299 Å². The van der Waals surface area contributed by atoms with Gasteiger partial charge in [-0.2, -0.15) is 5.26 Å². The number of nitriles is 1. The van der Waals surface area contributed by atoms with Crippen molar-refractivity contribution in [2.75, 3.05) is 13.2 Å². The van der Waals surface area contributed by atoms with Crippen LogP contribution in [0.25, 0.3) is 17.2 Å². The van der Waals surface area contributed by atoms with E-state index in [0.29, 0.717) is 30.3 Å². The van der Waals surface area contributed by atoms with Gasteiger partial charge in [-0.25, -0.2) is 9.59 Å². The topological polar surface area (TPSA) is 94.9 Å². The number of rotatable bonds is 24. The van der Waals surface area contributed by atoms with Gasteiger partial charge in [-0.3, -0.25) is 0 Å². The van der Waals surface area contributed by atoms with Crippen molar-refractivity contribution in [1.29, 1.82) is 5.26 Å². The number of unbranched alkanes of at least 4 members (excludes halogenated alkanes) is 12. The molecule has 268 valence electrons. The molecule has 1 atom stereocenters. The van der Waals surface area contributed by atoms with Crippen molar-refractivity contribution < 1.29 is 28.5 Å². The van der Waals surface area contributed by atoms with Gasteiger partial charge >= 0.3 is 11.9 Å². The van der Waals surface area contributed by atoms with Gasteiger partial charge in [0.05, 0.1) is 6.61 Å². The number of hydrogen-bond acceptors (Lipinski definition) is 7. The zero-order valence-corrected chi connectivity index (χ0v) is 30.3. The van der Waals surface area contributed by atoms with Crippen LogP contribution in [0.3, 0.4) is 0 Å². The van der Waals surface area contributed by atoms with Crippen LogP contribution in [0, 0.1) is 11.3 Å². The molecule has 0 N–H and O–H groups in total. The van der Waals surface area contributed by atoms with E-state index in [1.807, 2.05) is 54.6 Å². The molecule has 0 amide bonds. The van der Waals surface area contributed by atoms with E-state index in [9.17, 15) is 14.9 Å². The highest BCUT2D eigenvalue weighted by Gasteiger charge is 2.16. The van der Waals surface area contributed by atoms with E-state index in [1.165, 1.54) is 76.7 Å². The Morgan fingerprint density at radius 2 is 1.08 bits per heavy atom. The summed E-state index contributed by atoms with van der Waals surface area (Å²) in [6.07, 6.45) is 17.8. The molecule has 0 saturated carbocycles.